The molecule has 0 amide bonds. The number of fused-ring (bicyclic) bond motifs is 1. The lowest BCUT2D eigenvalue weighted by atomic mass is 10.1. The molecule has 0 bridgehead atoms. The fourth-order valence-electron chi connectivity index (χ4n) is 1.76. The molecule has 1 heterocycles. The molecule has 0 spiro atoms. The van der Waals surface area contributed by atoms with Gasteiger partial charge in [0, 0.05) is 12.5 Å². The minimum absolute atomic E-state index is 0.206. The van der Waals surface area contributed by atoms with E-state index in [9.17, 15) is 0 Å². The lowest BCUT2D eigenvalue weighted by Crippen LogP contribution is -2.28. The summed E-state index contributed by atoms with van der Waals surface area (Å²) >= 11 is 1.76. The van der Waals surface area contributed by atoms with E-state index in [0.717, 1.165) is 29.9 Å². The Kier molecular flexibility index (Phi) is 4.10. The van der Waals surface area contributed by atoms with Crippen molar-refractivity contribution in [2.75, 3.05) is 20.6 Å². The van der Waals surface area contributed by atoms with Crippen molar-refractivity contribution in [2.24, 2.45) is 5.73 Å². The first kappa shape index (κ1) is 12.5. The molecule has 1 aromatic carbocycles. The zero-order valence-corrected chi connectivity index (χ0v) is 11.2. The molecule has 0 radical (unpaired) electrons. The van der Waals surface area contributed by atoms with Crippen molar-refractivity contribution in [3.63, 3.8) is 0 Å². The molecular weight excluding hydrogens is 230 g/mol. The van der Waals surface area contributed by atoms with Crippen molar-refractivity contribution in [3.8, 4) is 0 Å². The van der Waals surface area contributed by atoms with Gasteiger partial charge in [-0.15, -0.1) is 11.3 Å². The molecule has 92 valence electrons. The Morgan fingerprint density at radius 1 is 1.35 bits per heavy atom. The van der Waals surface area contributed by atoms with Crippen molar-refractivity contribution in [1.82, 2.24) is 9.88 Å². The third-order valence-corrected chi connectivity index (χ3v) is 3.78. The van der Waals surface area contributed by atoms with Crippen molar-refractivity contribution in [3.05, 3.63) is 29.3 Å². The molecule has 3 nitrogen and oxygen atoms in total. The zero-order valence-electron chi connectivity index (χ0n) is 10.4. The molecule has 0 aliphatic rings. The fraction of sp³-hybridized carbons (Fsp3) is 0.462. The van der Waals surface area contributed by atoms with Gasteiger partial charge in [-0.25, -0.2) is 4.98 Å². The Hall–Kier alpha value is -0.970. The minimum atomic E-state index is 0.206. The average molecular weight is 249 g/mol. The summed E-state index contributed by atoms with van der Waals surface area (Å²) in [5, 5.41) is 1.15. The smallest absolute Gasteiger partial charge is 0.0954 e. The largest absolute Gasteiger partial charge is 0.327 e. The van der Waals surface area contributed by atoms with Crippen LogP contribution in [0.25, 0.3) is 10.2 Å². The summed E-state index contributed by atoms with van der Waals surface area (Å²) in [6.07, 6.45) is 1.90. The van der Waals surface area contributed by atoms with Gasteiger partial charge in [0.05, 0.1) is 15.2 Å². The Bertz CT molecular complexity index is 445. The Morgan fingerprint density at radius 2 is 2.12 bits per heavy atom. The standard InChI is InChI=1S/C13H19N3S/c1-16(2)8-7-10(14)9-13-15-11-5-3-4-6-12(11)17-13/h3-6,10H,7-9,14H2,1-2H3. The third-order valence-electron chi connectivity index (χ3n) is 2.72. The molecule has 1 unspecified atom stereocenters. The number of thiazole rings is 1. The van der Waals surface area contributed by atoms with Gasteiger partial charge < -0.3 is 10.6 Å². The first-order valence-electron chi connectivity index (χ1n) is 5.90. The van der Waals surface area contributed by atoms with Gasteiger partial charge in [0.25, 0.3) is 0 Å². The van der Waals surface area contributed by atoms with Gasteiger partial charge in [-0.05, 0) is 39.2 Å². The molecule has 1 atom stereocenters. The second kappa shape index (κ2) is 5.58. The maximum Gasteiger partial charge on any atom is 0.0954 e. The molecule has 0 saturated carbocycles. The van der Waals surface area contributed by atoms with Crippen LogP contribution < -0.4 is 5.73 Å². The predicted octanol–water partition coefficient (Wildman–Crippen LogP) is 2.12. The van der Waals surface area contributed by atoms with E-state index >= 15 is 0 Å². The number of aromatic nitrogens is 1. The van der Waals surface area contributed by atoms with Gasteiger partial charge in [-0.1, -0.05) is 12.1 Å². The van der Waals surface area contributed by atoms with Gasteiger partial charge in [0.1, 0.15) is 0 Å². The van der Waals surface area contributed by atoms with Crippen molar-refractivity contribution < 1.29 is 0 Å². The molecule has 2 N–H and O–H groups in total. The lowest BCUT2D eigenvalue weighted by Gasteiger charge is -2.13. The number of rotatable bonds is 5. The van der Waals surface area contributed by atoms with Crippen LogP contribution in [0.4, 0.5) is 0 Å². The zero-order chi connectivity index (χ0) is 12.3. The SMILES string of the molecule is CN(C)CCC(N)Cc1nc2ccccc2s1. The van der Waals surface area contributed by atoms with Crippen LogP contribution in [-0.2, 0) is 6.42 Å². The van der Waals surface area contributed by atoms with Gasteiger partial charge in [0.2, 0.25) is 0 Å². The van der Waals surface area contributed by atoms with Crippen molar-refractivity contribution >= 4 is 21.6 Å². The number of hydrogen-bond donors (Lipinski definition) is 1. The van der Waals surface area contributed by atoms with Gasteiger partial charge in [-0.3, -0.25) is 0 Å². The second-order valence-corrected chi connectivity index (χ2v) is 5.75. The van der Waals surface area contributed by atoms with E-state index in [1.807, 2.05) is 6.07 Å². The summed E-state index contributed by atoms with van der Waals surface area (Å²) < 4.78 is 1.25. The molecule has 2 rings (SSSR count). The Balaban J connectivity index is 1.98. The van der Waals surface area contributed by atoms with Gasteiger partial charge in [0.15, 0.2) is 0 Å². The van der Waals surface area contributed by atoms with Crippen LogP contribution in [0, 0.1) is 0 Å². The Labute approximate surface area is 106 Å². The molecule has 17 heavy (non-hydrogen) atoms. The molecular formula is C13H19N3S. The third kappa shape index (κ3) is 3.49. The second-order valence-electron chi connectivity index (χ2n) is 4.63. The quantitative estimate of drug-likeness (QED) is 0.882. The summed E-state index contributed by atoms with van der Waals surface area (Å²) in [5.74, 6) is 0. The van der Waals surface area contributed by atoms with Crippen LogP contribution in [-0.4, -0.2) is 36.6 Å². The van der Waals surface area contributed by atoms with E-state index in [2.05, 4.69) is 42.2 Å². The average Bonchev–Trinajstić information content (AvgIpc) is 2.68. The number of hydrogen-bond acceptors (Lipinski definition) is 4. The Morgan fingerprint density at radius 3 is 2.82 bits per heavy atom. The minimum Gasteiger partial charge on any atom is -0.327 e. The highest BCUT2D eigenvalue weighted by molar-refractivity contribution is 7.18. The van der Waals surface area contributed by atoms with Crippen LogP contribution in [0.2, 0.25) is 0 Å². The van der Waals surface area contributed by atoms with E-state index in [1.54, 1.807) is 11.3 Å². The number of benzene rings is 1. The van der Waals surface area contributed by atoms with Crippen LogP contribution in [0.5, 0.6) is 0 Å². The van der Waals surface area contributed by atoms with E-state index in [0.29, 0.717) is 0 Å². The van der Waals surface area contributed by atoms with E-state index < -0.39 is 0 Å². The highest BCUT2D eigenvalue weighted by Gasteiger charge is 2.09. The first-order valence-corrected chi connectivity index (χ1v) is 6.71. The normalized spacial score (nSPS) is 13.4. The highest BCUT2D eigenvalue weighted by atomic mass is 32.1. The predicted molar refractivity (Wildman–Crippen MR) is 74.5 cm³/mol. The lowest BCUT2D eigenvalue weighted by molar-refractivity contribution is 0.379. The van der Waals surface area contributed by atoms with Crippen molar-refractivity contribution in [2.45, 2.75) is 18.9 Å². The number of nitrogens with zero attached hydrogens (tertiary/aromatic N) is 2. The first-order chi connectivity index (χ1) is 8.15. The molecule has 0 fully saturated rings. The van der Waals surface area contributed by atoms with E-state index in [1.165, 1.54) is 4.70 Å². The summed E-state index contributed by atoms with van der Waals surface area (Å²) in [4.78, 5) is 6.77. The monoisotopic (exact) mass is 249 g/mol. The summed E-state index contributed by atoms with van der Waals surface area (Å²) in [6, 6.07) is 8.45. The molecule has 0 saturated heterocycles. The molecule has 0 aliphatic carbocycles. The summed E-state index contributed by atoms with van der Waals surface area (Å²) in [5.41, 5.74) is 7.21. The molecule has 4 heteroatoms. The topological polar surface area (TPSA) is 42.1 Å². The van der Waals surface area contributed by atoms with E-state index in [-0.39, 0.29) is 6.04 Å². The highest BCUT2D eigenvalue weighted by Crippen LogP contribution is 2.22. The maximum atomic E-state index is 6.12. The molecule has 1 aromatic heterocycles. The van der Waals surface area contributed by atoms with Gasteiger partial charge in [-0.2, -0.15) is 0 Å². The fourth-order valence-corrected chi connectivity index (χ4v) is 2.82. The van der Waals surface area contributed by atoms with Gasteiger partial charge >= 0.3 is 0 Å². The number of para-hydroxylation sites is 1. The van der Waals surface area contributed by atoms with E-state index in [4.69, 9.17) is 5.73 Å². The van der Waals surface area contributed by atoms with Crippen LogP contribution >= 0.6 is 11.3 Å². The summed E-state index contributed by atoms with van der Waals surface area (Å²) in [7, 11) is 4.15. The molecule has 2 aromatic rings. The van der Waals surface area contributed by atoms with Crippen LogP contribution in [0.15, 0.2) is 24.3 Å². The maximum absolute atomic E-state index is 6.12. The van der Waals surface area contributed by atoms with Crippen LogP contribution in [0.3, 0.4) is 0 Å². The van der Waals surface area contributed by atoms with Crippen molar-refractivity contribution in [1.29, 1.82) is 0 Å². The van der Waals surface area contributed by atoms with Crippen LogP contribution in [0.1, 0.15) is 11.4 Å². The molecule has 0 aliphatic heterocycles. The summed E-state index contributed by atoms with van der Waals surface area (Å²) in [6.45, 7) is 1.03. The number of nitrogens with two attached hydrogens (primary N) is 1.